The second-order valence-corrected chi connectivity index (χ2v) is 9.76. The van der Waals surface area contributed by atoms with Crippen molar-refractivity contribution in [1.29, 1.82) is 0 Å². The van der Waals surface area contributed by atoms with Crippen molar-refractivity contribution in [2.75, 3.05) is 18.4 Å². The Kier molecular flexibility index (Phi) is 6.50. The van der Waals surface area contributed by atoms with Gasteiger partial charge in [-0.3, -0.25) is 9.48 Å². The maximum atomic E-state index is 13.2. The summed E-state index contributed by atoms with van der Waals surface area (Å²) >= 11 is 1.48. The van der Waals surface area contributed by atoms with E-state index in [1.54, 1.807) is 0 Å². The van der Waals surface area contributed by atoms with Crippen LogP contribution in [0.25, 0.3) is 10.2 Å². The zero-order chi connectivity index (χ0) is 24.4. The number of fused-ring (bicyclic) bond motifs is 1. The first-order valence-corrected chi connectivity index (χ1v) is 12.4. The van der Waals surface area contributed by atoms with E-state index in [1.165, 1.54) is 35.6 Å². The van der Waals surface area contributed by atoms with Crippen molar-refractivity contribution in [3.05, 3.63) is 82.6 Å². The van der Waals surface area contributed by atoms with E-state index in [0.717, 1.165) is 21.5 Å². The Morgan fingerprint density at radius 3 is 2.51 bits per heavy atom. The number of urea groups is 1. The van der Waals surface area contributed by atoms with E-state index in [1.807, 2.05) is 40.8 Å². The lowest BCUT2D eigenvalue weighted by molar-refractivity contribution is 0.0714. The minimum atomic E-state index is -0.352. The number of carbonyl (C=O) groups is 2. The van der Waals surface area contributed by atoms with Crippen LogP contribution in [0, 0.1) is 12.7 Å². The molecule has 5 rings (SSSR count). The summed E-state index contributed by atoms with van der Waals surface area (Å²) < 4.78 is 15.0. The lowest BCUT2D eigenvalue weighted by atomic mass is 10.0. The normalized spacial score (nSPS) is 14.3. The molecule has 3 amide bonds. The highest BCUT2D eigenvalue weighted by Gasteiger charge is 2.26. The van der Waals surface area contributed by atoms with Gasteiger partial charge in [0.05, 0.1) is 17.1 Å². The van der Waals surface area contributed by atoms with Gasteiger partial charge in [-0.2, -0.15) is 5.10 Å². The minimum absolute atomic E-state index is 0.0195. The lowest BCUT2D eigenvalue weighted by Crippen LogP contribution is -2.47. The number of benzene rings is 2. The summed E-state index contributed by atoms with van der Waals surface area (Å²) in [6.45, 7) is 3.78. The molecule has 0 radical (unpaired) electrons. The Labute approximate surface area is 206 Å². The summed E-state index contributed by atoms with van der Waals surface area (Å²) in [6, 6.07) is 17.4. The second-order valence-electron chi connectivity index (χ2n) is 8.73. The fourth-order valence-corrected chi connectivity index (χ4v) is 5.48. The fourth-order valence-electron chi connectivity index (χ4n) is 4.35. The first kappa shape index (κ1) is 23.0. The molecule has 1 saturated heterocycles. The number of thiophene rings is 1. The van der Waals surface area contributed by atoms with Gasteiger partial charge in [0.25, 0.3) is 5.91 Å². The molecule has 1 aliphatic rings. The van der Waals surface area contributed by atoms with Gasteiger partial charge in [0.2, 0.25) is 0 Å². The van der Waals surface area contributed by atoms with Crippen LogP contribution in [0.2, 0.25) is 0 Å². The number of piperidine rings is 1. The van der Waals surface area contributed by atoms with Gasteiger partial charge in [-0.1, -0.05) is 30.3 Å². The Balaban J connectivity index is 1.19. The molecular formula is C26H26FN5O2S. The summed E-state index contributed by atoms with van der Waals surface area (Å²) in [6.07, 6.45) is 1.35. The summed E-state index contributed by atoms with van der Waals surface area (Å²) in [5.74, 6) is -0.332. The van der Waals surface area contributed by atoms with E-state index in [9.17, 15) is 14.0 Å². The maximum Gasteiger partial charge on any atom is 0.319 e. The third-order valence-electron chi connectivity index (χ3n) is 6.21. The molecule has 2 N–H and O–H groups in total. The number of nitrogens with zero attached hydrogens (tertiary/aromatic N) is 3. The van der Waals surface area contributed by atoms with Gasteiger partial charge >= 0.3 is 6.03 Å². The first-order chi connectivity index (χ1) is 17.0. The Morgan fingerprint density at radius 1 is 1.09 bits per heavy atom. The topological polar surface area (TPSA) is 79.3 Å². The van der Waals surface area contributed by atoms with Crippen molar-refractivity contribution < 1.29 is 14.0 Å². The molecule has 2 aromatic heterocycles. The third kappa shape index (κ3) is 5.19. The molecule has 0 spiro atoms. The van der Waals surface area contributed by atoms with Crippen LogP contribution in [0.5, 0.6) is 0 Å². The van der Waals surface area contributed by atoms with Crippen LogP contribution in [0.3, 0.4) is 0 Å². The molecule has 35 heavy (non-hydrogen) atoms. The van der Waals surface area contributed by atoms with Gasteiger partial charge in [-0.05, 0) is 55.7 Å². The van der Waals surface area contributed by atoms with Crippen LogP contribution in [-0.4, -0.2) is 45.8 Å². The third-order valence-corrected chi connectivity index (χ3v) is 7.35. The number of amides is 3. The summed E-state index contributed by atoms with van der Waals surface area (Å²) in [5.41, 5.74) is 2.61. The molecule has 0 saturated carbocycles. The lowest BCUT2D eigenvalue weighted by Gasteiger charge is -2.32. The number of nitrogens with one attached hydrogen (secondary N) is 2. The van der Waals surface area contributed by atoms with Crippen molar-refractivity contribution in [3.8, 4) is 0 Å². The molecule has 1 fully saturated rings. The number of rotatable bonds is 5. The first-order valence-electron chi connectivity index (χ1n) is 11.6. The number of carbonyl (C=O) groups excluding carboxylic acids is 2. The Bertz CT molecular complexity index is 1340. The van der Waals surface area contributed by atoms with Gasteiger partial charge in [0, 0.05) is 30.2 Å². The summed E-state index contributed by atoms with van der Waals surface area (Å²) in [4.78, 5) is 29.1. The predicted octanol–water partition coefficient (Wildman–Crippen LogP) is 5.02. The van der Waals surface area contributed by atoms with E-state index in [2.05, 4.69) is 27.9 Å². The number of hydrogen-bond acceptors (Lipinski definition) is 4. The van der Waals surface area contributed by atoms with Gasteiger partial charge in [-0.15, -0.1) is 11.3 Å². The average Bonchev–Trinajstić information content (AvgIpc) is 3.42. The highest BCUT2D eigenvalue weighted by molar-refractivity contribution is 7.20. The Hall–Kier alpha value is -3.72. The van der Waals surface area contributed by atoms with E-state index < -0.39 is 0 Å². The van der Waals surface area contributed by atoms with Gasteiger partial charge in [-0.25, -0.2) is 9.18 Å². The molecular weight excluding hydrogens is 465 g/mol. The Morgan fingerprint density at radius 2 is 1.80 bits per heavy atom. The molecule has 9 heteroatoms. The molecule has 4 aromatic rings. The van der Waals surface area contributed by atoms with Crippen LogP contribution in [0.4, 0.5) is 14.9 Å². The molecule has 180 valence electrons. The molecule has 0 atom stereocenters. The number of halogens is 1. The van der Waals surface area contributed by atoms with Crippen LogP contribution in [0.1, 0.15) is 33.8 Å². The van der Waals surface area contributed by atoms with Crippen molar-refractivity contribution in [3.63, 3.8) is 0 Å². The largest absolute Gasteiger partial charge is 0.338 e. The van der Waals surface area contributed by atoms with Gasteiger partial charge in [0.1, 0.15) is 10.6 Å². The molecule has 2 aromatic carbocycles. The molecule has 7 nitrogen and oxygen atoms in total. The molecule has 0 bridgehead atoms. The zero-order valence-electron chi connectivity index (χ0n) is 19.3. The summed E-state index contributed by atoms with van der Waals surface area (Å²) in [5, 5.41) is 11.3. The van der Waals surface area contributed by atoms with Crippen LogP contribution in [0.15, 0.2) is 60.7 Å². The summed E-state index contributed by atoms with van der Waals surface area (Å²) in [7, 11) is 0. The monoisotopic (exact) mass is 491 g/mol. The van der Waals surface area contributed by atoms with Crippen LogP contribution >= 0.6 is 11.3 Å². The standard InChI is InChI=1S/C26H26FN5O2S/c1-17-22-15-23(35-25(22)32(30-17)16-18-5-3-2-4-6-18)24(33)31-13-11-21(12-14-31)29-26(34)28-20-9-7-19(27)8-10-20/h2-10,15,21H,11-14,16H2,1H3,(H2,28,29,34). The fraction of sp³-hybridized carbons (Fsp3) is 0.269. The number of aryl methyl sites for hydroxylation is 1. The van der Waals surface area contributed by atoms with E-state index >= 15 is 0 Å². The van der Waals surface area contributed by atoms with Crippen molar-refractivity contribution in [2.24, 2.45) is 0 Å². The van der Waals surface area contributed by atoms with E-state index in [0.29, 0.717) is 43.0 Å². The number of likely N-dealkylation sites (tertiary alicyclic amines) is 1. The number of anilines is 1. The second kappa shape index (κ2) is 9.87. The van der Waals surface area contributed by atoms with Crippen molar-refractivity contribution in [2.45, 2.75) is 32.4 Å². The molecule has 0 unspecified atom stereocenters. The SMILES string of the molecule is Cc1nn(Cc2ccccc2)c2sc(C(=O)N3CCC(NC(=O)Nc4ccc(F)cc4)CC3)cc12. The molecule has 3 heterocycles. The van der Waals surface area contributed by atoms with E-state index in [-0.39, 0.29) is 23.8 Å². The number of hydrogen-bond donors (Lipinski definition) is 2. The van der Waals surface area contributed by atoms with Crippen molar-refractivity contribution >= 4 is 39.2 Å². The number of aromatic nitrogens is 2. The quantitative estimate of drug-likeness (QED) is 0.411. The maximum absolute atomic E-state index is 13.2. The average molecular weight is 492 g/mol. The minimum Gasteiger partial charge on any atom is -0.338 e. The predicted molar refractivity (Wildman–Crippen MR) is 135 cm³/mol. The smallest absolute Gasteiger partial charge is 0.319 e. The highest BCUT2D eigenvalue weighted by atomic mass is 32.1. The zero-order valence-corrected chi connectivity index (χ0v) is 20.1. The molecule has 0 aliphatic carbocycles. The molecule has 1 aliphatic heterocycles. The van der Waals surface area contributed by atoms with E-state index in [4.69, 9.17) is 0 Å². The highest BCUT2D eigenvalue weighted by Crippen LogP contribution is 2.30. The van der Waals surface area contributed by atoms with Crippen LogP contribution in [-0.2, 0) is 6.54 Å². The van der Waals surface area contributed by atoms with Gasteiger partial charge in [0.15, 0.2) is 0 Å². The van der Waals surface area contributed by atoms with Crippen molar-refractivity contribution in [1.82, 2.24) is 20.0 Å². The van der Waals surface area contributed by atoms with Gasteiger partial charge < -0.3 is 15.5 Å². The van der Waals surface area contributed by atoms with Crippen LogP contribution < -0.4 is 10.6 Å².